The Morgan fingerprint density at radius 2 is 1.69 bits per heavy atom. The number of carbonyl (C=O) groups is 2. The van der Waals surface area contributed by atoms with Crippen LogP contribution in [0.3, 0.4) is 0 Å². The van der Waals surface area contributed by atoms with Crippen LogP contribution in [0.15, 0.2) is 0 Å². The highest BCUT2D eigenvalue weighted by atomic mass is 16.4. The summed E-state index contributed by atoms with van der Waals surface area (Å²) in [5, 5.41) is 21.2. The summed E-state index contributed by atoms with van der Waals surface area (Å²) in [6, 6.07) is -0.838. The van der Waals surface area contributed by atoms with Crippen LogP contribution in [0.1, 0.15) is 33.6 Å². The lowest BCUT2D eigenvalue weighted by atomic mass is 9.76. The first-order valence-corrected chi connectivity index (χ1v) is 5.45. The quantitative estimate of drug-likeness (QED) is 0.653. The van der Waals surface area contributed by atoms with E-state index in [1.165, 1.54) is 0 Å². The highest BCUT2D eigenvalue weighted by Gasteiger charge is 2.43. The fraction of sp³-hybridized carbons (Fsp3) is 0.818. The number of rotatable bonds is 5. The van der Waals surface area contributed by atoms with Crippen LogP contribution in [0.2, 0.25) is 0 Å². The van der Waals surface area contributed by atoms with E-state index in [0.29, 0.717) is 0 Å². The summed E-state index contributed by atoms with van der Waals surface area (Å²) < 4.78 is 0. The zero-order chi connectivity index (χ0) is 12.5. The summed E-state index contributed by atoms with van der Waals surface area (Å²) in [6.45, 7) is 5.24. The molecule has 1 aliphatic rings. The van der Waals surface area contributed by atoms with Crippen molar-refractivity contribution in [3.05, 3.63) is 0 Å². The zero-order valence-corrected chi connectivity index (χ0v) is 9.86. The Bertz CT molecular complexity index is 291. The van der Waals surface area contributed by atoms with E-state index in [1.54, 1.807) is 20.8 Å². The van der Waals surface area contributed by atoms with Crippen molar-refractivity contribution in [3.63, 3.8) is 0 Å². The average Bonchev–Trinajstić information content (AvgIpc) is 2.82. The van der Waals surface area contributed by atoms with Gasteiger partial charge in [0, 0.05) is 6.04 Å². The lowest BCUT2D eigenvalue weighted by molar-refractivity contribution is -0.155. The standard InChI is InChI=1S/C11H19NO4/c1-11(2,3)7(9(13)14)8(10(15)16)12-6-4-5-6/h6-8,12H,4-5H2,1-3H3,(H,13,14)(H,15,16). The van der Waals surface area contributed by atoms with E-state index in [0.717, 1.165) is 12.8 Å². The summed E-state index contributed by atoms with van der Waals surface area (Å²) in [5.41, 5.74) is -0.587. The van der Waals surface area contributed by atoms with Gasteiger partial charge in [-0.05, 0) is 18.3 Å². The predicted octanol–water partition coefficient (Wildman–Crippen LogP) is 0.938. The number of hydrogen-bond acceptors (Lipinski definition) is 3. The summed E-state index contributed by atoms with van der Waals surface area (Å²) >= 11 is 0. The monoisotopic (exact) mass is 229 g/mol. The molecule has 1 rings (SSSR count). The highest BCUT2D eigenvalue weighted by molar-refractivity contribution is 5.83. The molecule has 3 N–H and O–H groups in total. The summed E-state index contributed by atoms with van der Waals surface area (Å²) in [5.74, 6) is -3.08. The predicted molar refractivity (Wildman–Crippen MR) is 58.2 cm³/mol. The fourth-order valence-electron chi connectivity index (χ4n) is 1.83. The van der Waals surface area contributed by atoms with Gasteiger partial charge in [-0.15, -0.1) is 0 Å². The molecule has 0 aromatic carbocycles. The van der Waals surface area contributed by atoms with Gasteiger partial charge in [0.05, 0.1) is 5.92 Å². The van der Waals surface area contributed by atoms with Gasteiger partial charge in [-0.25, -0.2) is 0 Å². The molecule has 2 atom stereocenters. The van der Waals surface area contributed by atoms with Crippen molar-refractivity contribution in [2.75, 3.05) is 0 Å². The second kappa shape index (κ2) is 4.41. The molecule has 0 aromatic rings. The van der Waals surface area contributed by atoms with E-state index < -0.39 is 29.3 Å². The van der Waals surface area contributed by atoms with Crippen molar-refractivity contribution in [2.24, 2.45) is 11.3 Å². The van der Waals surface area contributed by atoms with Crippen molar-refractivity contribution >= 4 is 11.9 Å². The molecule has 1 aliphatic carbocycles. The van der Waals surface area contributed by atoms with Gasteiger partial charge in [-0.2, -0.15) is 0 Å². The minimum atomic E-state index is -1.09. The molecule has 0 bridgehead atoms. The number of aliphatic carboxylic acids is 2. The summed E-state index contributed by atoms with van der Waals surface area (Å²) in [6.07, 6.45) is 1.86. The Morgan fingerprint density at radius 3 is 1.94 bits per heavy atom. The molecule has 5 nitrogen and oxygen atoms in total. The molecular weight excluding hydrogens is 210 g/mol. The van der Waals surface area contributed by atoms with Gasteiger partial charge in [0.2, 0.25) is 0 Å². The van der Waals surface area contributed by atoms with Gasteiger partial charge >= 0.3 is 11.9 Å². The van der Waals surface area contributed by atoms with Crippen LogP contribution < -0.4 is 5.32 Å². The van der Waals surface area contributed by atoms with Crippen LogP contribution in [0.4, 0.5) is 0 Å². The summed E-state index contributed by atoms with van der Waals surface area (Å²) in [4.78, 5) is 22.3. The number of nitrogens with one attached hydrogen (secondary N) is 1. The van der Waals surface area contributed by atoms with E-state index in [4.69, 9.17) is 10.2 Å². The average molecular weight is 229 g/mol. The van der Waals surface area contributed by atoms with Crippen LogP contribution in [0, 0.1) is 11.3 Å². The van der Waals surface area contributed by atoms with Crippen LogP contribution in [-0.4, -0.2) is 34.2 Å². The molecule has 0 amide bonds. The third kappa shape index (κ3) is 3.20. The second-order valence-corrected chi connectivity index (χ2v) is 5.44. The minimum Gasteiger partial charge on any atom is -0.481 e. The molecule has 92 valence electrons. The molecule has 0 heterocycles. The van der Waals surface area contributed by atoms with E-state index in [9.17, 15) is 9.59 Å². The molecule has 0 radical (unpaired) electrons. The van der Waals surface area contributed by atoms with Crippen LogP contribution in [0.5, 0.6) is 0 Å². The van der Waals surface area contributed by atoms with Gasteiger partial charge in [0.1, 0.15) is 6.04 Å². The van der Waals surface area contributed by atoms with Crippen molar-refractivity contribution in [1.29, 1.82) is 0 Å². The zero-order valence-electron chi connectivity index (χ0n) is 9.86. The lowest BCUT2D eigenvalue weighted by Gasteiger charge is -2.32. The van der Waals surface area contributed by atoms with Gasteiger partial charge in [0.25, 0.3) is 0 Å². The van der Waals surface area contributed by atoms with Gasteiger partial charge in [-0.1, -0.05) is 20.8 Å². The highest BCUT2D eigenvalue weighted by Crippen LogP contribution is 2.31. The first kappa shape index (κ1) is 13.0. The normalized spacial score (nSPS) is 20.2. The Balaban J connectivity index is 2.86. The molecule has 1 saturated carbocycles. The van der Waals surface area contributed by atoms with E-state index >= 15 is 0 Å². The molecule has 2 unspecified atom stereocenters. The Labute approximate surface area is 94.8 Å². The minimum absolute atomic E-state index is 0.172. The molecule has 0 aliphatic heterocycles. The summed E-state index contributed by atoms with van der Waals surface area (Å²) in [7, 11) is 0. The maximum Gasteiger partial charge on any atom is 0.321 e. The lowest BCUT2D eigenvalue weighted by Crippen LogP contribution is -2.51. The maximum absolute atomic E-state index is 11.2. The second-order valence-electron chi connectivity index (χ2n) is 5.44. The maximum atomic E-state index is 11.2. The third-order valence-corrected chi connectivity index (χ3v) is 2.79. The van der Waals surface area contributed by atoms with Crippen molar-refractivity contribution in [1.82, 2.24) is 5.32 Å². The van der Waals surface area contributed by atoms with Crippen molar-refractivity contribution in [3.8, 4) is 0 Å². The molecule has 5 heteroatoms. The molecule has 16 heavy (non-hydrogen) atoms. The largest absolute Gasteiger partial charge is 0.481 e. The Kier molecular flexibility index (Phi) is 3.57. The molecular formula is C11H19NO4. The Morgan fingerprint density at radius 1 is 1.19 bits per heavy atom. The Hall–Kier alpha value is -1.10. The van der Waals surface area contributed by atoms with E-state index in [-0.39, 0.29) is 6.04 Å². The van der Waals surface area contributed by atoms with Gasteiger partial charge in [-0.3, -0.25) is 9.59 Å². The first-order chi connectivity index (χ1) is 7.23. The number of carboxylic acids is 2. The van der Waals surface area contributed by atoms with Gasteiger partial charge in [0.15, 0.2) is 0 Å². The third-order valence-electron chi connectivity index (χ3n) is 2.79. The SMILES string of the molecule is CC(C)(C)C(C(=O)O)C(NC1CC1)C(=O)O. The molecule has 0 saturated heterocycles. The number of carboxylic acid groups (broad SMARTS) is 2. The van der Waals surface area contributed by atoms with Crippen molar-refractivity contribution < 1.29 is 19.8 Å². The number of hydrogen-bond donors (Lipinski definition) is 3. The van der Waals surface area contributed by atoms with E-state index in [1.807, 2.05) is 0 Å². The molecule has 0 aromatic heterocycles. The van der Waals surface area contributed by atoms with Crippen LogP contribution in [0.25, 0.3) is 0 Å². The molecule has 0 spiro atoms. The first-order valence-electron chi connectivity index (χ1n) is 5.45. The van der Waals surface area contributed by atoms with E-state index in [2.05, 4.69) is 5.32 Å². The van der Waals surface area contributed by atoms with Gasteiger partial charge < -0.3 is 15.5 Å². The van der Waals surface area contributed by atoms with Crippen LogP contribution >= 0.6 is 0 Å². The topological polar surface area (TPSA) is 86.6 Å². The van der Waals surface area contributed by atoms with Crippen molar-refractivity contribution in [2.45, 2.75) is 45.7 Å². The smallest absolute Gasteiger partial charge is 0.321 e. The van der Waals surface area contributed by atoms with Crippen LogP contribution in [-0.2, 0) is 9.59 Å². The molecule has 1 fully saturated rings. The fourth-order valence-corrected chi connectivity index (χ4v) is 1.83.